The van der Waals surface area contributed by atoms with E-state index in [0.29, 0.717) is 10.6 Å². The zero-order chi connectivity index (χ0) is 9.80. The van der Waals surface area contributed by atoms with Gasteiger partial charge in [0.25, 0.3) is 0 Å². The van der Waals surface area contributed by atoms with E-state index in [1.54, 1.807) is 0 Å². The highest BCUT2D eigenvalue weighted by atomic mass is 32.1. The maximum absolute atomic E-state index is 4.80. The van der Waals surface area contributed by atoms with Gasteiger partial charge in [-0.3, -0.25) is 10.2 Å². The van der Waals surface area contributed by atoms with Gasteiger partial charge in [-0.1, -0.05) is 24.1 Å². The van der Waals surface area contributed by atoms with E-state index >= 15 is 0 Å². The summed E-state index contributed by atoms with van der Waals surface area (Å²) < 4.78 is 0.419. The normalized spacial score (nSPS) is 9.14. The Hall–Kier alpha value is -1.86. The second-order valence-corrected chi connectivity index (χ2v) is 3.02. The lowest BCUT2D eigenvalue weighted by Crippen LogP contribution is -1.77. The van der Waals surface area contributed by atoms with Crippen molar-refractivity contribution < 1.29 is 0 Å². The smallest absolute Gasteiger partial charge is 0.214 e. The van der Waals surface area contributed by atoms with Crippen molar-refractivity contribution in [1.82, 2.24) is 15.2 Å². The van der Waals surface area contributed by atoms with Crippen LogP contribution in [0.15, 0.2) is 30.3 Å². The topological polar surface area (TPSA) is 44.5 Å². The zero-order valence-corrected chi connectivity index (χ0v) is 8.06. The molecule has 1 heterocycles. The highest BCUT2D eigenvalue weighted by molar-refractivity contribution is 7.71. The van der Waals surface area contributed by atoms with Gasteiger partial charge in [0, 0.05) is 5.56 Å². The number of benzene rings is 1. The van der Waals surface area contributed by atoms with E-state index < -0.39 is 0 Å². The fraction of sp³-hybridized carbons (Fsp3) is 0. The van der Waals surface area contributed by atoms with Gasteiger partial charge in [-0.15, -0.1) is 0 Å². The molecular weight excluding hydrogens is 194 g/mol. The molecule has 0 saturated heterocycles. The lowest BCUT2D eigenvalue weighted by atomic mass is 10.2. The summed E-state index contributed by atoms with van der Waals surface area (Å²) in [5.41, 5.74) is 0.954. The first-order valence-electron chi connectivity index (χ1n) is 4.06. The quantitative estimate of drug-likeness (QED) is 0.505. The van der Waals surface area contributed by atoms with Crippen molar-refractivity contribution >= 4 is 12.2 Å². The number of nitrogens with zero attached hydrogens (tertiary/aromatic N) is 1. The highest BCUT2D eigenvalue weighted by Gasteiger charge is 1.88. The Morgan fingerprint density at radius 1 is 1.07 bits per heavy atom. The van der Waals surface area contributed by atoms with Gasteiger partial charge in [-0.25, -0.2) is 0 Å². The van der Waals surface area contributed by atoms with Gasteiger partial charge in [0.1, 0.15) is 0 Å². The third kappa shape index (κ3) is 2.09. The minimum absolute atomic E-state index is 0.419. The monoisotopic (exact) mass is 201 g/mol. The molecule has 0 unspecified atom stereocenters. The van der Waals surface area contributed by atoms with Crippen LogP contribution in [0.2, 0.25) is 0 Å². The van der Waals surface area contributed by atoms with E-state index in [0.717, 1.165) is 5.56 Å². The van der Waals surface area contributed by atoms with E-state index in [9.17, 15) is 0 Å². The van der Waals surface area contributed by atoms with Crippen LogP contribution in [0.25, 0.3) is 0 Å². The third-order valence-electron chi connectivity index (χ3n) is 1.60. The first-order chi connectivity index (χ1) is 6.84. The minimum atomic E-state index is 0.419. The van der Waals surface area contributed by atoms with Crippen LogP contribution in [0.3, 0.4) is 0 Å². The molecule has 68 valence electrons. The first kappa shape index (κ1) is 8.73. The molecule has 0 aliphatic heterocycles. The second kappa shape index (κ2) is 3.90. The van der Waals surface area contributed by atoms with Crippen LogP contribution in [0.1, 0.15) is 11.4 Å². The minimum Gasteiger partial charge on any atom is -0.275 e. The number of rotatable bonds is 0. The van der Waals surface area contributed by atoms with Crippen molar-refractivity contribution in [3.8, 4) is 11.8 Å². The molecule has 0 saturated carbocycles. The van der Waals surface area contributed by atoms with Crippen LogP contribution in [-0.2, 0) is 0 Å². The van der Waals surface area contributed by atoms with Crippen molar-refractivity contribution in [1.29, 1.82) is 0 Å². The first-order valence-corrected chi connectivity index (χ1v) is 4.47. The molecule has 0 radical (unpaired) electrons. The van der Waals surface area contributed by atoms with E-state index in [2.05, 4.69) is 27.0 Å². The lowest BCUT2D eigenvalue weighted by molar-refractivity contribution is 1.07. The standard InChI is InChI=1S/C10H7N3S/c14-10-11-9(12-13-10)7-6-8-4-2-1-3-5-8/h1-5H,(H2,11,12,13,14). The van der Waals surface area contributed by atoms with E-state index in [1.165, 1.54) is 0 Å². The molecule has 14 heavy (non-hydrogen) atoms. The Balaban J connectivity index is 2.27. The summed E-state index contributed by atoms with van der Waals surface area (Å²) in [6.07, 6.45) is 0. The van der Waals surface area contributed by atoms with Crippen LogP contribution < -0.4 is 0 Å². The molecule has 0 atom stereocenters. The number of hydrogen-bond donors (Lipinski definition) is 2. The molecule has 1 aromatic carbocycles. The second-order valence-electron chi connectivity index (χ2n) is 2.63. The van der Waals surface area contributed by atoms with Gasteiger partial charge in [0.05, 0.1) is 0 Å². The van der Waals surface area contributed by atoms with Crippen molar-refractivity contribution in [2.45, 2.75) is 0 Å². The van der Waals surface area contributed by atoms with E-state index in [-0.39, 0.29) is 0 Å². The van der Waals surface area contributed by atoms with Crippen molar-refractivity contribution in [2.24, 2.45) is 0 Å². The molecule has 4 heteroatoms. The van der Waals surface area contributed by atoms with Crippen molar-refractivity contribution in [2.75, 3.05) is 0 Å². The summed E-state index contributed by atoms with van der Waals surface area (Å²) in [6.45, 7) is 0. The third-order valence-corrected chi connectivity index (χ3v) is 1.79. The molecule has 0 spiro atoms. The Labute approximate surface area is 86.2 Å². The molecular formula is C10H7N3S. The number of nitrogens with one attached hydrogen (secondary N) is 2. The van der Waals surface area contributed by atoms with Gasteiger partial charge in [0.15, 0.2) is 0 Å². The van der Waals surface area contributed by atoms with Gasteiger partial charge >= 0.3 is 0 Å². The molecule has 0 amide bonds. The summed E-state index contributed by atoms with van der Waals surface area (Å²) in [4.78, 5) is 3.96. The maximum Gasteiger partial charge on any atom is 0.214 e. The average Bonchev–Trinajstić information content (AvgIpc) is 2.63. The van der Waals surface area contributed by atoms with Gasteiger partial charge in [0.2, 0.25) is 10.6 Å². The van der Waals surface area contributed by atoms with Gasteiger partial charge < -0.3 is 0 Å². The number of aromatic nitrogens is 3. The Kier molecular flexibility index (Phi) is 2.43. The molecule has 0 bridgehead atoms. The number of aromatic amines is 2. The van der Waals surface area contributed by atoms with Crippen LogP contribution >= 0.6 is 12.2 Å². The van der Waals surface area contributed by atoms with E-state index in [1.807, 2.05) is 30.3 Å². The van der Waals surface area contributed by atoms with Crippen LogP contribution in [-0.4, -0.2) is 15.2 Å². The predicted molar refractivity (Wildman–Crippen MR) is 56.2 cm³/mol. The van der Waals surface area contributed by atoms with E-state index in [4.69, 9.17) is 12.2 Å². The SMILES string of the molecule is S=c1nc(C#Cc2ccccc2)[nH][nH]1. The molecule has 1 aromatic heterocycles. The molecule has 2 rings (SSSR count). The summed E-state index contributed by atoms with van der Waals surface area (Å²) in [6, 6.07) is 9.71. The largest absolute Gasteiger partial charge is 0.275 e. The maximum atomic E-state index is 4.80. The Morgan fingerprint density at radius 3 is 2.50 bits per heavy atom. The zero-order valence-electron chi connectivity index (χ0n) is 7.24. The fourth-order valence-electron chi connectivity index (χ4n) is 0.982. The lowest BCUT2D eigenvalue weighted by Gasteiger charge is -1.84. The van der Waals surface area contributed by atoms with Crippen LogP contribution in [0.5, 0.6) is 0 Å². The summed E-state index contributed by atoms with van der Waals surface area (Å²) in [5, 5.41) is 5.44. The molecule has 0 aliphatic rings. The van der Waals surface area contributed by atoms with Crippen molar-refractivity contribution in [3.63, 3.8) is 0 Å². The average molecular weight is 201 g/mol. The highest BCUT2D eigenvalue weighted by Crippen LogP contribution is 1.95. The Morgan fingerprint density at radius 2 is 1.86 bits per heavy atom. The summed E-state index contributed by atoms with van der Waals surface area (Å²) >= 11 is 4.80. The molecule has 2 aromatic rings. The molecule has 2 N–H and O–H groups in total. The molecule has 0 aliphatic carbocycles. The molecule has 0 fully saturated rings. The fourth-order valence-corrected chi connectivity index (χ4v) is 1.12. The number of H-pyrrole nitrogens is 2. The van der Waals surface area contributed by atoms with Crippen LogP contribution in [0, 0.1) is 16.6 Å². The predicted octanol–water partition coefficient (Wildman–Crippen LogP) is 1.87. The Bertz CT molecular complexity index is 527. The van der Waals surface area contributed by atoms with Crippen molar-refractivity contribution in [3.05, 3.63) is 46.5 Å². The van der Waals surface area contributed by atoms with Crippen LogP contribution in [0.4, 0.5) is 0 Å². The number of hydrogen-bond acceptors (Lipinski definition) is 2. The summed E-state index contributed by atoms with van der Waals surface area (Å²) in [7, 11) is 0. The van der Waals surface area contributed by atoms with Gasteiger partial charge in [-0.2, -0.15) is 4.98 Å². The van der Waals surface area contributed by atoms with Gasteiger partial charge in [-0.05, 0) is 30.3 Å². The molecule has 3 nitrogen and oxygen atoms in total. The summed E-state index contributed by atoms with van der Waals surface area (Å²) in [5.74, 6) is 6.39.